The average molecular weight is 150 g/mol. The van der Waals surface area contributed by atoms with Gasteiger partial charge in [0.05, 0.1) is 11.0 Å². The maximum atomic E-state index is 9.86. The standard InChI is InChI=1S/C4H4ClNOS/c5-1-4(2-7)6-3-8/h2,4H,1H2. The van der Waals surface area contributed by atoms with Gasteiger partial charge in [0.25, 0.3) is 0 Å². The summed E-state index contributed by atoms with van der Waals surface area (Å²) in [5, 5.41) is 2.06. The van der Waals surface area contributed by atoms with Gasteiger partial charge in [-0.15, -0.1) is 11.6 Å². The highest BCUT2D eigenvalue weighted by Gasteiger charge is 1.98. The molecule has 0 rings (SSSR count). The van der Waals surface area contributed by atoms with Crippen LogP contribution in [-0.2, 0) is 4.79 Å². The molecule has 1 unspecified atom stereocenters. The Morgan fingerprint density at radius 2 is 2.62 bits per heavy atom. The predicted molar refractivity (Wildman–Crippen MR) is 35.6 cm³/mol. The summed E-state index contributed by atoms with van der Waals surface area (Å²) in [5.41, 5.74) is 0. The number of thiocarbonyl (C=S) groups is 1. The molecule has 0 N–H and O–H groups in total. The van der Waals surface area contributed by atoms with E-state index >= 15 is 0 Å². The smallest absolute Gasteiger partial charge is 0.146 e. The molecule has 0 saturated heterocycles. The Kier molecular flexibility index (Phi) is 4.76. The van der Waals surface area contributed by atoms with Crippen molar-refractivity contribution in [3.8, 4) is 0 Å². The Morgan fingerprint density at radius 3 is 2.75 bits per heavy atom. The molecular formula is C4H4ClNOS. The van der Waals surface area contributed by atoms with Crippen molar-refractivity contribution in [2.45, 2.75) is 6.04 Å². The highest BCUT2D eigenvalue weighted by atomic mass is 35.5. The molecule has 0 aromatic carbocycles. The van der Waals surface area contributed by atoms with Gasteiger partial charge in [0.15, 0.2) is 0 Å². The van der Waals surface area contributed by atoms with Gasteiger partial charge in [-0.25, -0.2) is 4.99 Å². The Hall–Kier alpha value is -0.240. The van der Waals surface area contributed by atoms with Gasteiger partial charge < -0.3 is 4.79 Å². The first-order valence-electron chi connectivity index (χ1n) is 1.93. The first kappa shape index (κ1) is 7.76. The molecular weight excluding hydrogens is 146 g/mol. The van der Waals surface area contributed by atoms with Gasteiger partial charge >= 0.3 is 0 Å². The fourth-order valence-electron chi connectivity index (χ4n) is 0.169. The van der Waals surface area contributed by atoms with Crippen LogP contribution in [0.2, 0.25) is 0 Å². The number of carbonyl (C=O) groups is 1. The third kappa shape index (κ3) is 2.86. The zero-order chi connectivity index (χ0) is 6.41. The fourth-order valence-corrected chi connectivity index (χ4v) is 0.446. The molecule has 0 spiro atoms. The molecule has 0 aromatic rings. The molecule has 0 aliphatic rings. The summed E-state index contributed by atoms with van der Waals surface area (Å²) in [5.74, 6) is 0.174. The van der Waals surface area contributed by atoms with E-state index < -0.39 is 6.04 Å². The number of aliphatic imine (C=N–C) groups is 1. The monoisotopic (exact) mass is 149 g/mol. The lowest BCUT2D eigenvalue weighted by Crippen LogP contribution is -2.06. The lowest BCUT2D eigenvalue weighted by atomic mass is 10.4. The van der Waals surface area contributed by atoms with Crippen molar-refractivity contribution in [1.82, 2.24) is 0 Å². The average Bonchev–Trinajstić information content (AvgIpc) is 1.83. The van der Waals surface area contributed by atoms with Gasteiger partial charge in [-0.3, -0.25) is 0 Å². The Labute approximate surface area is 57.6 Å². The van der Waals surface area contributed by atoms with E-state index in [1.54, 1.807) is 0 Å². The van der Waals surface area contributed by atoms with Crippen LogP contribution in [0.1, 0.15) is 0 Å². The van der Waals surface area contributed by atoms with E-state index in [-0.39, 0.29) is 5.88 Å². The molecule has 0 bridgehead atoms. The van der Waals surface area contributed by atoms with Gasteiger partial charge in [-0.2, -0.15) is 0 Å². The van der Waals surface area contributed by atoms with Crippen LogP contribution >= 0.6 is 23.8 Å². The van der Waals surface area contributed by atoms with Crippen molar-refractivity contribution in [2.75, 3.05) is 5.88 Å². The maximum Gasteiger partial charge on any atom is 0.146 e. The first-order chi connectivity index (χ1) is 3.85. The number of carbonyl (C=O) groups excluding carboxylic acids is 1. The fraction of sp³-hybridized carbons (Fsp3) is 0.500. The number of hydrogen-bond acceptors (Lipinski definition) is 3. The van der Waals surface area contributed by atoms with Crippen LogP contribution in [0.3, 0.4) is 0 Å². The van der Waals surface area contributed by atoms with Crippen molar-refractivity contribution in [3.05, 3.63) is 0 Å². The van der Waals surface area contributed by atoms with Crippen molar-refractivity contribution in [1.29, 1.82) is 0 Å². The summed E-state index contributed by atoms with van der Waals surface area (Å²) < 4.78 is 0. The lowest BCUT2D eigenvalue weighted by Gasteiger charge is -1.90. The number of alkyl halides is 1. The minimum atomic E-state index is -0.505. The second-order valence-corrected chi connectivity index (χ2v) is 1.57. The zero-order valence-electron chi connectivity index (χ0n) is 4.00. The molecule has 1 atom stereocenters. The van der Waals surface area contributed by atoms with Crippen molar-refractivity contribution < 1.29 is 4.79 Å². The van der Waals surface area contributed by atoms with Crippen molar-refractivity contribution >= 4 is 35.3 Å². The SMILES string of the molecule is O=CC(CCl)N=C=S. The second kappa shape index (κ2) is 4.91. The largest absolute Gasteiger partial charge is 0.301 e. The molecule has 0 saturated carbocycles. The van der Waals surface area contributed by atoms with Crippen LogP contribution in [0.25, 0.3) is 0 Å². The third-order valence-electron chi connectivity index (χ3n) is 0.534. The van der Waals surface area contributed by atoms with Crippen molar-refractivity contribution in [2.24, 2.45) is 4.99 Å². The number of rotatable bonds is 3. The van der Waals surface area contributed by atoms with E-state index in [1.807, 2.05) is 0 Å². The molecule has 8 heavy (non-hydrogen) atoms. The lowest BCUT2D eigenvalue weighted by molar-refractivity contribution is -0.108. The van der Waals surface area contributed by atoms with Crippen molar-refractivity contribution in [3.63, 3.8) is 0 Å². The highest BCUT2D eigenvalue weighted by Crippen LogP contribution is 1.87. The minimum absolute atomic E-state index is 0.174. The van der Waals surface area contributed by atoms with Gasteiger partial charge in [0, 0.05) is 0 Å². The Morgan fingerprint density at radius 1 is 2.00 bits per heavy atom. The van der Waals surface area contributed by atoms with Gasteiger partial charge in [-0.1, -0.05) is 0 Å². The predicted octanol–water partition coefficient (Wildman–Crippen LogP) is 0.895. The summed E-state index contributed by atoms with van der Waals surface area (Å²) in [7, 11) is 0. The van der Waals surface area contributed by atoms with Gasteiger partial charge in [0.1, 0.15) is 12.3 Å². The molecule has 4 heteroatoms. The molecule has 0 heterocycles. The van der Waals surface area contributed by atoms with Crippen LogP contribution in [0.5, 0.6) is 0 Å². The number of isothiocyanates is 1. The molecule has 0 radical (unpaired) electrons. The van der Waals surface area contributed by atoms with E-state index in [0.29, 0.717) is 6.29 Å². The summed E-state index contributed by atoms with van der Waals surface area (Å²) in [4.78, 5) is 13.3. The third-order valence-corrected chi connectivity index (χ3v) is 0.955. The van der Waals surface area contributed by atoms with Crippen LogP contribution in [-0.4, -0.2) is 23.4 Å². The summed E-state index contributed by atoms with van der Waals surface area (Å²) in [6.45, 7) is 0. The molecule has 0 aliphatic heterocycles. The molecule has 44 valence electrons. The second-order valence-electron chi connectivity index (χ2n) is 1.08. The molecule has 0 fully saturated rings. The van der Waals surface area contributed by atoms with E-state index in [9.17, 15) is 4.79 Å². The van der Waals surface area contributed by atoms with E-state index in [2.05, 4.69) is 22.4 Å². The van der Waals surface area contributed by atoms with Crippen LogP contribution in [0, 0.1) is 0 Å². The number of hydrogen-bond donors (Lipinski definition) is 0. The number of nitrogens with zero attached hydrogens (tertiary/aromatic N) is 1. The van der Waals surface area contributed by atoms with Gasteiger partial charge in [-0.05, 0) is 12.2 Å². The summed E-state index contributed by atoms with van der Waals surface area (Å²) in [6.07, 6.45) is 0.631. The summed E-state index contributed by atoms with van der Waals surface area (Å²) >= 11 is 9.46. The molecule has 0 amide bonds. The van der Waals surface area contributed by atoms with Gasteiger partial charge in [0.2, 0.25) is 0 Å². The van der Waals surface area contributed by atoms with Crippen LogP contribution in [0.4, 0.5) is 0 Å². The quantitative estimate of drug-likeness (QED) is 0.258. The normalized spacial score (nSPS) is 11.6. The highest BCUT2D eigenvalue weighted by molar-refractivity contribution is 7.78. The number of aldehydes is 1. The van der Waals surface area contributed by atoms with Crippen LogP contribution < -0.4 is 0 Å². The van der Waals surface area contributed by atoms with E-state index in [1.165, 1.54) is 0 Å². The Balaban J connectivity index is 3.69. The van der Waals surface area contributed by atoms with E-state index in [4.69, 9.17) is 11.6 Å². The topological polar surface area (TPSA) is 29.4 Å². The van der Waals surface area contributed by atoms with E-state index in [0.717, 1.165) is 0 Å². The van der Waals surface area contributed by atoms with Crippen LogP contribution in [0.15, 0.2) is 4.99 Å². The molecule has 0 aromatic heterocycles. The molecule has 0 aliphatic carbocycles. The zero-order valence-corrected chi connectivity index (χ0v) is 5.58. The Bertz CT molecular complexity index is 121. The maximum absolute atomic E-state index is 9.86. The number of halogens is 1. The minimum Gasteiger partial charge on any atom is -0.301 e. The molecule has 2 nitrogen and oxygen atoms in total. The summed E-state index contributed by atoms with van der Waals surface area (Å²) in [6, 6.07) is -0.505. The first-order valence-corrected chi connectivity index (χ1v) is 2.87.